The SMILES string of the molecule is C=C(NC(CCC)CCC)c1nc(C(=C)N2CC(CCN3CCCC3)c3cc(F)ccc32)c(/N=C\C)s1. The molecule has 1 N–H and O–H groups in total. The van der Waals surface area contributed by atoms with Crippen LogP contribution in [0.5, 0.6) is 0 Å². The highest BCUT2D eigenvalue weighted by Crippen LogP contribution is 2.44. The third-order valence-electron chi connectivity index (χ3n) is 7.48. The van der Waals surface area contributed by atoms with Gasteiger partial charge in [-0.2, -0.15) is 0 Å². The Hall–Kier alpha value is -2.51. The normalized spacial score (nSPS) is 17.8. The zero-order valence-corrected chi connectivity index (χ0v) is 23.5. The van der Waals surface area contributed by atoms with Gasteiger partial charge in [-0.05, 0) is 82.4 Å². The number of nitrogens with one attached hydrogen (secondary N) is 1. The predicted molar refractivity (Wildman–Crippen MR) is 158 cm³/mol. The number of rotatable bonds is 13. The molecule has 1 unspecified atom stereocenters. The van der Waals surface area contributed by atoms with E-state index in [1.54, 1.807) is 29.7 Å². The van der Waals surface area contributed by atoms with E-state index in [1.807, 2.05) is 13.0 Å². The van der Waals surface area contributed by atoms with Gasteiger partial charge in [0, 0.05) is 30.4 Å². The van der Waals surface area contributed by atoms with Crippen LogP contribution in [-0.2, 0) is 0 Å². The lowest BCUT2D eigenvalue weighted by molar-refractivity contribution is 0.324. The van der Waals surface area contributed by atoms with Crippen LogP contribution in [0.4, 0.5) is 15.1 Å². The Morgan fingerprint density at radius 2 is 1.97 bits per heavy atom. The van der Waals surface area contributed by atoms with E-state index < -0.39 is 0 Å². The van der Waals surface area contributed by atoms with E-state index in [9.17, 15) is 4.39 Å². The van der Waals surface area contributed by atoms with Crippen molar-refractivity contribution in [3.8, 4) is 0 Å². The van der Waals surface area contributed by atoms with Crippen LogP contribution in [-0.4, -0.2) is 48.3 Å². The van der Waals surface area contributed by atoms with Crippen LogP contribution < -0.4 is 10.2 Å². The summed E-state index contributed by atoms with van der Waals surface area (Å²) in [5.74, 6) is 0.0837. The number of thiazole rings is 1. The predicted octanol–water partition coefficient (Wildman–Crippen LogP) is 7.59. The molecule has 2 aliphatic rings. The fourth-order valence-corrected chi connectivity index (χ4v) is 6.54. The molecule has 0 bridgehead atoms. The van der Waals surface area contributed by atoms with Crippen molar-refractivity contribution >= 4 is 39.6 Å². The molecule has 0 saturated carbocycles. The number of aromatic nitrogens is 1. The largest absolute Gasteiger partial charge is 0.380 e. The summed E-state index contributed by atoms with van der Waals surface area (Å²) in [6.45, 7) is 19.3. The highest BCUT2D eigenvalue weighted by Gasteiger charge is 2.33. The Balaban J connectivity index is 1.57. The lowest BCUT2D eigenvalue weighted by Crippen LogP contribution is -2.27. The highest BCUT2D eigenvalue weighted by atomic mass is 32.1. The van der Waals surface area contributed by atoms with Gasteiger partial charge in [0.15, 0.2) is 0 Å². The molecule has 37 heavy (non-hydrogen) atoms. The first-order valence-electron chi connectivity index (χ1n) is 13.9. The zero-order chi connectivity index (χ0) is 26.4. The first-order valence-corrected chi connectivity index (χ1v) is 14.7. The minimum Gasteiger partial charge on any atom is -0.380 e. The van der Waals surface area contributed by atoms with Crippen molar-refractivity contribution in [2.75, 3.05) is 31.1 Å². The van der Waals surface area contributed by atoms with Gasteiger partial charge in [-0.25, -0.2) is 14.4 Å². The second-order valence-electron chi connectivity index (χ2n) is 10.3. The van der Waals surface area contributed by atoms with Gasteiger partial charge in [0.2, 0.25) is 0 Å². The van der Waals surface area contributed by atoms with Crippen LogP contribution in [0.2, 0.25) is 0 Å². The van der Waals surface area contributed by atoms with Gasteiger partial charge in [-0.3, -0.25) is 0 Å². The van der Waals surface area contributed by atoms with Crippen LogP contribution in [0.1, 0.15) is 87.9 Å². The van der Waals surface area contributed by atoms with E-state index in [2.05, 4.69) is 47.1 Å². The van der Waals surface area contributed by atoms with Crippen molar-refractivity contribution < 1.29 is 4.39 Å². The van der Waals surface area contributed by atoms with E-state index in [0.29, 0.717) is 6.04 Å². The lowest BCUT2D eigenvalue weighted by atomic mass is 9.97. The van der Waals surface area contributed by atoms with Crippen molar-refractivity contribution in [2.45, 2.75) is 77.7 Å². The van der Waals surface area contributed by atoms with Gasteiger partial charge in [0.25, 0.3) is 0 Å². The molecule has 1 saturated heterocycles. The molecule has 5 nitrogen and oxygen atoms in total. The van der Waals surface area contributed by atoms with Gasteiger partial charge >= 0.3 is 0 Å². The minimum absolute atomic E-state index is 0.180. The van der Waals surface area contributed by atoms with Crippen molar-refractivity contribution in [3.63, 3.8) is 0 Å². The molecule has 4 rings (SSSR count). The molecule has 1 aromatic heterocycles. The molecule has 0 amide bonds. The fourth-order valence-electron chi connectivity index (χ4n) is 5.62. The summed E-state index contributed by atoms with van der Waals surface area (Å²) in [5, 5.41) is 5.29. The summed E-state index contributed by atoms with van der Waals surface area (Å²) in [7, 11) is 0. The van der Waals surface area contributed by atoms with Crippen molar-refractivity contribution in [1.29, 1.82) is 0 Å². The molecule has 200 valence electrons. The number of fused-ring (bicyclic) bond motifs is 1. The van der Waals surface area contributed by atoms with Gasteiger partial charge in [-0.15, -0.1) is 0 Å². The van der Waals surface area contributed by atoms with Crippen LogP contribution in [0, 0.1) is 5.82 Å². The van der Waals surface area contributed by atoms with E-state index >= 15 is 0 Å². The number of likely N-dealkylation sites (tertiary alicyclic amines) is 1. The first-order chi connectivity index (χ1) is 17.9. The van der Waals surface area contributed by atoms with Gasteiger partial charge in [0.05, 0.1) is 11.4 Å². The van der Waals surface area contributed by atoms with Gasteiger partial charge in [0.1, 0.15) is 21.5 Å². The quantitative estimate of drug-likeness (QED) is 0.275. The number of anilines is 1. The Morgan fingerprint density at radius 3 is 2.65 bits per heavy atom. The van der Waals surface area contributed by atoms with E-state index in [-0.39, 0.29) is 11.7 Å². The molecular formula is C30H42FN5S. The maximum Gasteiger partial charge on any atom is 0.145 e. The van der Waals surface area contributed by atoms with Crippen molar-refractivity contribution in [2.24, 2.45) is 4.99 Å². The van der Waals surface area contributed by atoms with Crippen LogP contribution >= 0.6 is 11.3 Å². The van der Waals surface area contributed by atoms with E-state index in [0.717, 1.165) is 83.5 Å². The highest BCUT2D eigenvalue weighted by molar-refractivity contribution is 7.16. The Bertz CT molecular complexity index is 1110. The lowest BCUT2D eigenvalue weighted by Gasteiger charge is -2.22. The third-order valence-corrected chi connectivity index (χ3v) is 8.50. The number of hydrogen-bond donors (Lipinski definition) is 1. The van der Waals surface area contributed by atoms with Crippen LogP contribution in [0.25, 0.3) is 11.4 Å². The Morgan fingerprint density at radius 1 is 1.24 bits per heavy atom. The van der Waals surface area contributed by atoms with Crippen molar-refractivity contribution in [3.05, 3.63) is 53.4 Å². The summed E-state index contributed by atoms with van der Waals surface area (Å²) in [4.78, 5) is 14.4. The fraction of sp³-hybridized carbons (Fsp3) is 0.533. The molecule has 0 spiro atoms. The second kappa shape index (κ2) is 12.8. The molecule has 0 aliphatic carbocycles. The van der Waals surface area contributed by atoms with Crippen LogP contribution in [0.15, 0.2) is 36.3 Å². The molecule has 3 heterocycles. The topological polar surface area (TPSA) is 43.8 Å². The number of hydrogen-bond acceptors (Lipinski definition) is 6. The second-order valence-corrected chi connectivity index (χ2v) is 11.2. The average molecular weight is 524 g/mol. The summed E-state index contributed by atoms with van der Waals surface area (Å²) in [6.07, 6.45) is 9.85. The minimum atomic E-state index is -0.180. The average Bonchev–Trinajstić information content (AvgIpc) is 3.62. The Kier molecular flexibility index (Phi) is 9.54. The summed E-state index contributed by atoms with van der Waals surface area (Å²) in [6, 6.07) is 5.55. The number of benzene rings is 1. The van der Waals surface area contributed by atoms with Gasteiger partial charge < -0.3 is 15.1 Å². The molecule has 2 aliphatic heterocycles. The maximum atomic E-state index is 14.3. The summed E-state index contributed by atoms with van der Waals surface area (Å²) < 4.78 is 14.3. The molecule has 1 atom stereocenters. The molecular weight excluding hydrogens is 481 g/mol. The first kappa shape index (κ1) is 27.5. The van der Waals surface area contributed by atoms with Crippen molar-refractivity contribution in [1.82, 2.24) is 15.2 Å². The van der Waals surface area contributed by atoms with E-state index in [4.69, 9.17) is 4.98 Å². The standard InChI is InChI=1S/C30H42FN5S/c1-6-11-25(12-7-2)33-21(4)29-34-28(30(37-29)32-8-3)22(5)36-20-23(15-18-35-16-9-10-17-35)26-19-24(31)13-14-27(26)36/h8,13-14,19,23,25,33H,4-7,9-12,15-18,20H2,1-3H3/b32-8-. The Labute approximate surface area is 226 Å². The number of nitrogens with zero attached hydrogens (tertiary/aromatic N) is 4. The summed E-state index contributed by atoms with van der Waals surface area (Å²) >= 11 is 1.54. The molecule has 0 radical (unpaired) electrons. The molecule has 1 fully saturated rings. The molecule has 2 aromatic rings. The summed E-state index contributed by atoms with van der Waals surface area (Å²) in [5.41, 5.74) is 4.53. The van der Waals surface area contributed by atoms with Crippen LogP contribution in [0.3, 0.4) is 0 Å². The maximum absolute atomic E-state index is 14.3. The smallest absolute Gasteiger partial charge is 0.145 e. The molecule has 1 aromatic carbocycles. The number of aliphatic imine (C=N–C) groups is 1. The third kappa shape index (κ3) is 6.50. The molecule has 7 heteroatoms. The van der Waals surface area contributed by atoms with E-state index in [1.165, 1.54) is 25.9 Å². The zero-order valence-electron chi connectivity index (χ0n) is 22.7. The number of halogens is 1. The van der Waals surface area contributed by atoms with Gasteiger partial charge in [-0.1, -0.05) is 51.2 Å². The monoisotopic (exact) mass is 523 g/mol.